The number of aromatic carboxylic acids is 1. The van der Waals surface area contributed by atoms with E-state index in [1.54, 1.807) is 25.3 Å². The van der Waals surface area contributed by atoms with E-state index >= 15 is 0 Å². The average molecular weight is 322 g/mol. The molecule has 5 heteroatoms. The zero-order valence-electron chi connectivity index (χ0n) is 10.5. The van der Waals surface area contributed by atoms with Crippen LogP contribution in [0.15, 0.2) is 34.9 Å². The maximum Gasteiger partial charge on any atom is 0.335 e. The fraction of sp³-hybridized carbons (Fsp3) is 0.143. The van der Waals surface area contributed by atoms with Gasteiger partial charge in [-0.1, -0.05) is 0 Å². The van der Waals surface area contributed by atoms with Crippen LogP contribution in [0.1, 0.15) is 21.5 Å². The number of carboxylic acid groups (broad SMARTS) is 1. The molecule has 1 aromatic heterocycles. The van der Waals surface area contributed by atoms with Crippen molar-refractivity contribution in [3.05, 3.63) is 51.6 Å². The molecule has 19 heavy (non-hydrogen) atoms. The highest BCUT2D eigenvalue weighted by atomic mass is 79.9. The number of carboxylic acids is 1. The van der Waals surface area contributed by atoms with Crippen molar-refractivity contribution in [3.8, 4) is 11.6 Å². The van der Waals surface area contributed by atoms with Crippen LogP contribution >= 0.6 is 15.9 Å². The van der Waals surface area contributed by atoms with Crippen molar-refractivity contribution in [1.29, 1.82) is 0 Å². The van der Waals surface area contributed by atoms with Crippen molar-refractivity contribution in [1.82, 2.24) is 4.98 Å². The molecule has 0 fully saturated rings. The van der Waals surface area contributed by atoms with E-state index < -0.39 is 5.97 Å². The third-order valence-electron chi connectivity index (χ3n) is 2.66. The average Bonchev–Trinajstić information content (AvgIpc) is 2.36. The quantitative estimate of drug-likeness (QED) is 0.929. The molecule has 0 amide bonds. The molecule has 4 nitrogen and oxygen atoms in total. The molecule has 0 radical (unpaired) electrons. The largest absolute Gasteiger partial charge is 0.478 e. The summed E-state index contributed by atoms with van der Waals surface area (Å²) in [6.07, 6.45) is 1.67. The standard InChI is InChI=1S/C14H12BrNO3/c1-8-6-13(16-7-11(8)15)19-12-4-3-10(14(17)18)5-9(12)2/h3-7H,1-2H3,(H,17,18). The van der Waals surface area contributed by atoms with Crippen LogP contribution < -0.4 is 4.74 Å². The highest BCUT2D eigenvalue weighted by molar-refractivity contribution is 9.10. The molecule has 0 aliphatic carbocycles. The molecule has 1 N–H and O–H groups in total. The van der Waals surface area contributed by atoms with Gasteiger partial charge in [0.2, 0.25) is 5.88 Å². The second-order valence-corrected chi connectivity index (χ2v) is 5.01. The molecule has 0 saturated heterocycles. The van der Waals surface area contributed by atoms with Gasteiger partial charge in [-0.25, -0.2) is 9.78 Å². The lowest BCUT2D eigenvalue weighted by Crippen LogP contribution is -1.98. The molecule has 98 valence electrons. The number of rotatable bonds is 3. The third kappa shape index (κ3) is 3.12. The number of pyridine rings is 1. The van der Waals surface area contributed by atoms with Crippen molar-refractivity contribution < 1.29 is 14.6 Å². The zero-order chi connectivity index (χ0) is 14.0. The number of nitrogens with zero attached hydrogens (tertiary/aromatic N) is 1. The molecular weight excluding hydrogens is 310 g/mol. The maximum atomic E-state index is 10.8. The van der Waals surface area contributed by atoms with Crippen LogP contribution in [-0.2, 0) is 0 Å². The summed E-state index contributed by atoms with van der Waals surface area (Å²) in [6, 6.07) is 6.53. The fourth-order valence-electron chi connectivity index (χ4n) is 1.58. The van der Waals surface area contributed by atoms with E-state index in [9.17, 15) is 4.79 Å². The lowest BCUT2D eigenvalue weighted by atomic mass is 10.1. The normalized spacial score (nSPS) is 10.3. The Morgan fingerprint density at radius 2 is 2.00 bits per heavy atom. The number of aryl methyl sites for hydroxylation is 2. The molecule has 0 aliphatic rings. The number of carbonyl (C=O) groups is 1. The number of benzene rings is 1. The second-order valence-electron chi connectivity index (χ2n) is 4.16. The van der Waals surface area contributed by atoms with Crippen molar-refractivity contribution in [3.63, 3.8) is 0 Å². The minimum absolute atomic E-state index is 0.241. The highest BCUT2D eigenvalue weighted by Crippen LogP contribution is 2.26. The first kappa shape index (κ1) is 13.5. The number of halogens is 1. The van der Waals surface area contributed by atoms with Crippen LogP contribution in [0.4, 0.5) is 0 Å². The predicted octanol–water partition coefficient (Wildman–Crippen LogP) is 3.95. The van der Waals surface area contributed by atoms with Gasteiger partial charge in [0, 0.05) is 16.7 Å². The Bertz CT molecular complexity index is 641. The van der Waals surface area contributed by atoms with Crippen molar-refractivity contribution in [2.45, 2.75) is 13.8 Å². The van der Waals surface area contributed by atoms with E-state index in [1.807, 2.05) is 13.0 Å². The molecule has 2 aromatic rings. The van der Waals surface area contributed by atoms with Crippen LogP contribution in [0.2, 0.25) is 0 Å². The Hall–Kier alpha value is -1.88. The predicted molar refractivity (Wildman–Crippen MR) is 74.9 cm³/mol. The van der Waals surface area contributed by atoms with Gasteiger partial charge >= 0.3 is 5.97 Å². The molecule has 1 aromatic carbocycles. The summed E-state index contributed by atoms with van der Waals surface area (Å²) < 4.78 is 6.57. The molecule has 0 unspecified atom stereocenters. The Labute approximate surface area is 119 Å². The van der Waals surface area contributed by atoms with E-state index in [2.05, 4.69) is 20.9 Å². The molecule has 0 bridgehead atoms. The van der Waals surface area contributed by atoms with E-state index in [-0.39, 0.29) is 5.56 Å². The lowest BCUT2D eigenvalue weighted by Gasteiger charge is -2.09. The first-order valence-corrected chi connectivity index (χ1v) is 6.40. The number of aromatic nitrogens is 1. The monoisotopic (exact) mass is 321 g/mol. The number of hydrogen-bond donors (Lipinski definition) is 1. The third-order valence-corrected chi connectivity index (χ3v) is 3.49. The highest BCUT2D eigenvalue weighted by Gasteiger charge is 2.08. The van der Waals surface area contributed by atoms with Gasteiger partial charge in [-0.05, 0) is 59.1 Å². The van der Waals surface area contributed by atoms with Gasteiger partial charge in [0.15, 0.2) is 0 Å². The summed E-state index contributed by atoms with van der Waals surface area (Å²) in [7, 11) is 0. The summed E-state index contributed by atoms with van der Waals surface area (Å²) in [5.41, 5.74) is 2.01. The molecule has 0 saturated carbocycles. The van der Waals surface area contributed by atoms with Crippen LogP contribution in [-0.4, -0.2) is 16.1 Å². The Morgan fingerprint density at radius 3 is 2.58 bits per heavy atom. The molecular formula is C14H12BrNO3. The first-order chi connectivity index (χ1) is 8.97. The summed E-state index contributed by atoms with van der Waals surface area (Å²) >= 11 is 3.37. The van der Waals surface area contributed by atoms with Gasteiger partial charge in [-0.2, -0.15) is 0 Å². The van der Waals surface area contributed by atoms with Crippen LogP contribution in [0.5, 0.6) is 11.6 Å². The fourth-order valence-corrected chi connectivity index (χ4v) is 1.80. The maximum absolute atomic E-state index is 10.8. The Balaban J connectivity index is 2.28. The van der Waals surface area contributed by atoms with Gasteiger partial charge in [0.05, 0.1) is 5.56 Å². The van der Waals surface area contributed by atoms with Gasteiger partial charge in [-0.3, -0.25) is 0 Å². The summed E-state index contributed by atoms with van der Waals surface area (Å²) in [6.45, 7) is 3.74. The van der Waals surface area contributed by atoms with Gasteiger partial charge < -0.3 is 9.84 Å². The topological polar surface area (TPSA) is 59.4 Å². The van der Waals surface area contributed by atoms with Crippen molar-refractivity contribution >= 4 is 21.9 Å². The van der Waals surface area contributed by atoms with Crippen molar-refractivity contribution in [2.24, 2.45) is 0 Å². The Morgan fingerprint density at radius 1 is 1.26 bits per heavy atom. The molecule has 0 aliphatic heterocycles. The number of ether oxygens (including phenoxy) is 1. The minimum Gasteiger partial charge on any atom is -0.478 e. The van der Waals surface area contributed by atoms with E-state index in [4.69, 9.17) is 9.84 Å². The first-order valence-electron chi connectivity index (χ1n) is 5.61. The summed E-state index contributed by atoms with van der Waals surface area (Å²) in [4.78, 5) is 15.0. The molecule has 0 spiro atoms. The van der Waals surface area contributed by atoms with Crippen molar-refractivity contribution in [2.75, 3.05) is 0 Å². The molecule has 2 rings (SSSR count). The Kier molecular flexibility index (Phi) is 3.85. The number of hydrogen-bond acceptors (Lipinski definition) is 3. The van der Waals surface area contributed by atoms with Crippen LogP contribution in [0.25, 0.3) is 0 Å². The second kappa shape index (κ2) is 5.40. The van der Waals surface area contributed by atoms with Gasteiger partial charge in [0.1, 0.15) is 5.75 Å². The van der Waals surface area contributed by atoms with Gasteiger partial charge in [-0.15, -0.1) is 0 Å². The lowest BCUT2D eigenvalue weighted by molar-refractivity contribution is 0.0697. The smallest absolute Gasteiger partial charge is 0.335 e. The van der Waals surface area contributed by atoms with E-state index in [1.165, 1.54) is 6.07 Å². The van der Waals surface area contributed by atoms with Gasteiger partial charge in [0.25, 0.3) is 0 Å². The van der Waals surface area contributed by atoms with E-state index in [0.29, 0.717) is 11.6 Å². The SMILES string of the molecule is Cc1cc(Oc2ccc(C(=O)O)cc2C)ncc1Br. The van der Waals surface area contributed by atoms with Crippen LogP contribution in [0.3, 0.4) is 0 Å². The molecule has 1 heterocycles. The van der Waals surface area contributed by atoms with E-state index in [0.717, 1.165) is 15.6 Å². The summed E-state index contributed by atoms with van der Waals surface area (Å²) in [5, 5.41) is 8.90. The minimum atomic E-state index is -0.952. The molecule has 0 atom stereocenters. The summed E-state index contributed by atoms with van der Waals surface area (Å²) in [5.74, 6) is 0.123. The van der Waals surface area contributed by atoms with Crippen LogP contribution in [0, 0.1) is 13.8 Å². The zero-order valence-corrected chi connectivity index (χ0v) is 12.1.